The summed E-state index contributed by atoms with van der Waals surface area (Å²) in [5.74, 6) is 1.86. The largest absolute Gasteiger partial charge is 0.383 e. The Kier molecular flexibility index (Phi) is 2.47. The number of imidazole rings is 1. The summed E-state index contributed by atoms with van der Waals surface area (Å²) >= 11 is 6.24. The smallest absolute Gasteiger partial charge is 0.280 e. The van der Waals surface area contributed by atoms with E-state index >= 15 is 0 Å². The first-order valence-corrected chi connectivity index (χ1v) is 7.65. The number of halogens is 1. The summed E-state index contributed by atoms with van der Waals surface area (Å²) in [6.07, 6.45) is 3.88. The van der Waals surface area contributed by atoms with Gasteiger partial charge < -0.3 is 10.3 Å². The van der Waals surface area contributed by atoms with Crippen LogP contribution in [0.15, 0.2) is 29.0 Å². The van der Waals surface area contributed by atoms with Gasteiger partial charge in [-0.3, -0.25) is 4.40 Å². The van der Waals surface area contributed by atoms with E-state index in [0.29, 0.717) is 39.4 Å². The molecule has 4 aromatic rings. The Balaban J connectivity index is 1.78. The fraction of sp³-hybridized carbons (Fsp3) is 0.200. The van der Waals surface area contributed by atoms with Crippen molar-refractivity contribution in [1.29, 1.82) is 0 Å². The number of aromatic nitrogens is 5. The number of hydrogen-bond donors (Lipinski definition) is 1. The van der Waals surface area contributed by atoms with Crippen molar-refractivity contribution in [3.63, 3.8) is 0 Å². The van der Waals surface area contributed by atoms with E-state index in [2.05, 4.69) is 20.1 Å². The molecule has 0 radical (unpaired) electrons. The Morgan fingerprint density at radius 2 is 2.13 bits per heavy atom. The fourth-order valence-electron chi connectivity index (χ4n) is 2.75. The zero-order valence-electron chi connectivity index (χ0n) is 11.9. The van der Waals surface area contributed by atoms with Crippen molar-refractivity contribution >= 4 is 34.0 Å². The predicted octanol–water partition coefficient (Wildman–Crippen LogP) is 3.05. The van der Waals surface area contributed by atoms with Gasteiger partial charge in [0.1, 0.15) is 12.1 Å². The molecular formula is C15H11ClN6O. The Morgan fingerprint density at radius 3 is 2.96 bits per heavy atom. The molecule has 3 aromatic heterocycles. The van der Waals surface area contributed by atoms with Crippen LogP contribution in [0.5, 0.6) is 0 Å². The van der Waals surface area contributed by atoms with Crippen LogP contribution in [-0.2, 0) is 0 Å². The third kappa shape index (κ3) is 1.83. The van der Waals surface area contributed by atoms with Crippen molar-refractivity contribution in [3.8, 4) is 11.6 Å². The van der Waals surface area contributed by atoms with Crippen LogP contribution in [0.3, 0.4) is 0 Å². The van der Waals surface area contributed by atoms with Gasteiger partial charge in [-0.15, -0.1) is 0 Å². The van der Waals surface area contributed by atoms with E-state index in [1.807, 2.05) is 16.5 Å². The average molecular weight is 327 g/mol. The molecule has 0 saturated heterocycles. The van der Waals surface area contributed by atoms with Gasteiger partial charge in [-0.05, 0) is 25.0 Å². The molecule has 0 spiro atoms. The van der Waals surface area contributed by atoms with E-state index in [9.17, 15) is 0 Å². The second-order valence-electron chi connectivity index (χ2n) is 5.65. The van der Waals surface area contributed by atoms with Gasteiger partial charge in [0.15, 0.2) is 17.2 Å². The summed E-state index contributed by atoms with van der Waals surface area (Å²) in [6.45, 7) is 0. The number of nitrogen functional groups attached to an aromatic ring is 1. The van der Waals surface area contributed by atoms with Crippen molar-refractivity contribution in [3.05, 3.63) is 35.4 Å². The van der Waals surface area contributed by atoms with E-state index in [-0.39, 0.29) is 0 Å². The highest BCUT2D eigenvalue weighted by Gasteiger charge is 2.30. The van der Waals surface area contributed by atoms with Crippen LogP contribution in [0.1, 0.15) is 24.6 Å². The number of anilines is 1. The summed E-state index contributed by atoms with van der Waals surface area (Å²) in [7, 11) is 0. The molecule has 0 bridgehead atoms. The standard InChI is InChI=1S/C15H11ClN6O/c16-8-2-1-3-9-10(8)12(17)19-14-11(18-6-22(9)14)15-20-13(21-23-15)7-4-5-7/h1-3,6-7H,4-5H2,(H2,17,19). The number of hydrogen-bond acceptors (Lipinski definition) is 6. The minimum atomic E-state index is 0.349. The zero-order valence-corrected chi connectivity index (χ0v) is 12.7. The van der Waals surface area contributed by atoms with Crippen LogP contribution < -0.4 is 5.73 Å². The number of nitrogens with two attached hydrogens (primary N) is 1. The van der Waals surface area contributed by atoms with E-state index in [1.54, 1.807) is 12.4 Å². The summed E-state index contributed by atoms with van der Waals surface area (Å²) in [6, 6.07) is 5.56. The Hall–Kier alpha value is -2.67. The number of rotatable bonds is 2. The van der Waals surface area contributed by atoms with Crippen molar-refractivity contribution in [2.45, 2.75) is 18.8 Å². The third-order valence-corrected chi connectivity index (χ3v) is 4.38. The van der Waals surface area contributed by atoms with Crippen LogP contribution in [0.4, 0.5) is 5.82 Å². The lowest BCUT2D eigenvalue weighted by Crippen LogP contribution is -1.98. The number of benzene rings is 1. The van der Waals surface area contributed by atoms with Crippen LogP contribution in [0.2, 0.25) is 5.02 Å². The first-order valence-electron chi connectivity index (χ1n) is 7.27. The van der Waals surface area contributed by atoms with E-state index in [4.69, 9.17) is 21.9 Å². The van der Waals surface area contributed by atoms with E-state index in [1.165, 1.54) is 0 Å². The van der Waals surface area contributed by atoms with Gasteiger partial charge in [0, 0.05) is 5.92 Å². The van der Waals surface area contributed by atoms with Crippen LogP contribution in [0, 0.1) is 0 Å². The van der Waals surface area contributed by atoms with Crippen molar-refractivity contribution in [2.24, 2.45) is 0 Å². The lowest BCUT2D eigenvalue weighted by Gasteiger charge is -2.06. The van der Waals surface area contributed by atoms with E-state index < -0.39 is 0 Å². The van der Waals surface area contributed by atoms with Crippen LogP contribution in [0.25, 0.3) is 28.1 Å². The summed E-state index contributed by atoms with van der Waals surface area (Å²) in [5.41, 5.74) is 8.02. The molecule has 0 unspecified atom stereocenters. The number of fused-ring (bicyclic) bond motifs is 3. The SMILES string of the molecule is Nc1nc2c(-c3nc(C4CC4)no3)ncn2c2cccc(Cl)c12. The molecule has 0 amide bonds. The monoisotopic (exact) mass is 326 g/mol. The molecule has 0 aliphatic heterocycles. The molecule has 8 heteroatoms. The molecule has 5 rings (SSSR count). The first-order chi connectivity index (χ1) is 11.2. The summed E-state index contributed by atoms with van der Waals surface area (Å²) < 4.78 is 7.18. The molecule has 1 fully saturated rings. The zero-order chi connectivity index (χ0) is 15.6. The van der Waals surface area contributed by atoms with Crippen LogP contribution in [-0.4, -0.2) is 24.5 Å². The van der Waals surface area contributed by atoms with Crippen LogP contribution >= 0.6 is 11.6 Å². The molecule has 23 heavy (non-hydrogen) atoms. The number of nitrogens with zero attached hydrogens (tertiary/aromatic N) is 5. The molecule has 0 atom stereocenters. The minimum Gasteiger partial charge on any atom is -0.383 e. The Morgan fingerprint density at radius 1 is 1.26 bits per heavy atom. The highest BCUT2D eigenvalue weighted by atomic mass is 35.5. The van der Waals surface area contributed by atoms with Crippen molar-refractivity contribution in [2.75, 3.05) is 5.73 Å². The molecule has 2 N–H and O–H groups in total. The molecule has 1 saturated carbocycles. The molecule has 3 heterocycles. The van der Waals surface area contributed by atoms with Gasteiger partial charge >= 0.3 is 0 Å². The lowest BCUT2D eigenvalue weighted by atomic mass is 10.2. The van der Waals surface area contributed by atoms with E-state index in [0.717, 1.165) is 24.2 Å². The second kappa shape index (κ2) is 4.42. The normalized spacial score (nSPS) is 14.8. The molecule has 1 aromatic carbocycles. The lowest BCUT2D eigenvalue weighted by molar-refractivity contribution is 0.422. The molecule has 7 nitrogen and oxygen atoms in total. The highest BCUT2D eigenvalue weighted by Crippen LogP contribution is 2.39. The molecule has 114 valence electrons. The Bertz CT molecular complexity index is 1060. The Labute approximate surface area is 135 Å². The van der Waals surface area contributed by atoms with Crippen molar-refractivity contribution in [1.82, 2.24) is 24.5 Å². The van der Waals surface area contributed by atoms with Gasteiger partial charge in [0.05, 0.1) is 15.9 Å². The van der Waals surface area contributed by atoms with Gasteiger partial charge in [-0.2, -0.15) is 4.98 Å². The minimum absolute atomic E-state index is 0.349. The highest BCUT2D eigenvalue weighted by molar-refractivity contribution is 6.36. The molecule has 1 aliphatic rings. The van der Waals surface area contributed by atoms with Crippen molar-refractivity contribution < 1.29 is 4.52 Å². The molecular weight excluding hydrogens is 316 g/mol. The molecule has 1 aliphatic carbocycles. The van der Waals surface area contributed by atoms with Gasteiger partial charge in [-0.25, -0.2) is 9.97 Å². The quantitative estimate of drug-likeness (QED) is 0.608. The maximum absolute atomic E-state index is 6.24. The second-order valence-corrected chi connectivity index (χ2v) is 6.06. The average Bonchev–Trinajstić information content (AvgIpc) is 3.12. The maximum atomic E-state index is 6.24. The fourth-order valence-corrected chi connectivity index (χ4v) is 3.02. The predicted molar refractivity (Wildman–Crippen MR) is 85.2 cm³/mol. The van der Waals surface area contributed by atoms with Gasteiger partial charge in [0.2, 0.25) is 0 Å². The summed E-state index contributed by atoms with van der Waals surface area (Å²) in [4.78, 5) is 13.3. The maximum Gasteiger partial charge on any atom is 0.280 e. The topological polar surface area (TPSA) is 95.1 Å². The van der Waals surface area contributed by atoms with Gasteiger partial charge in [-0.1, -0.05) is 22.8 Å². The van der Waals surface area contributed by atoms with Gasteiger partial charge in [0.25, 0.3) is 5.89 Å². The third-order valence-electron chi connectivity index (χ3n) is 4.06. The summed E-state index contributed by atoms with van der Waals surface area (Å²) in [5, 5.41) is 5.28. The first kappa shape index (κ1) is 12.8.